The van der Waals surface area contributed by atoms with Gasteiger partial charge in [-0.1, -0.05) is 0 Å². The first-order valence-corrected chi connectivity index (χ1v) is 22.0. The van der Waals surface area contributed by atoms with Gasteiger partial charge in [0.1, 0.15) is 0 Å². The normalized spacial score (nSPS) is 17.2. The van der Waals surface area contributed by atoms with Crippen LogP contribution in [0.3, 0.4) is 0 Å². The summed E-state index contributed by atoms with van der Waals surface area (Å²) in [4.78, 5) is 0. The number of rotatable bonds is 8. The van der Waals surface area contributed by atoms with Crippen molar-refractivity contribution in [3.8, 4) is 0 Å². The van der Waals surface area contributed by atoms with Crippen molar-refractivity contribution in [1.29, 1.82) is 0 Å². The molecule has 0 spiro atoms. The molecule has 0 unspecified atom stereocenters. The molecule has 0 atom stereocenters. The first-order chi connectivity index (χ1) is 10.2. The molecule has 0 bridgehead atoms. The molecule has 0 aromatic heterocycles. The maximum atomic E-state index is 7.79. The van der Waals surface area contributed by atoms with Crippen LogP contribution in [0.1, 0.15) is 83.1 Å². The van der Waals surface area contributed by atoms with Crippen LogP contribution in [-0.2, 0) is 12.5 Å². The van der Waals surface area contributed by atoms with Crippen LogP contribution in [0.15, 0.2) is 0 Å². The average Bonchev–Trinajstić information content (AvgIpc) is 2.24. The number of halogens is 2. The molecule has 0 N–H and O–H groups in total. The topological polar surface area (TPSA) is 0 Å². The van der Waals surface area contributed by atoms with E-state index in [1.807, 2.05) is 0 Å². The van der Waals surface area contributed by atoms with E-state index in [0.717, 1.165) is 0 Å². The van der Waals surface area contributed by atoms with Crippen molar-refractivity contribution in [3.05, 3.63) is 0 Å². The molecule has 0 aliphatic carbocycles. The van der Waals surface area contributed by atoms with Gasteiger partial charge >= 0.3 is 160 Å². The van der Waals surface area contributed by atoms with Gasteiger partial charge in [0.2, 0.25) is 0 Å². The van der Waals surface area contributed by atoms with Gasteiger partial charge in [-0.2, -0.15) is 0 Å². The van der Waals surface area contributed by atoms with E-state index < -0.39 is 23.4 Å². The van der Waals surface area contributed by atoms with E-state index in [1.54, 1.807) is 0 Å². The van der Waals surface area contributed by atoms with Crippen LogP contribution >= 0.6 is 30.0 Å². The number of hydrogen-bond acceptors (Lipinski definition) is 0. The third kappa shape index (κ3) is 3.74. The Balaban J connectivity index is 6.86. The van der Waals surface area contributed by atoms with Crippen molar-refractivity contribution in [2.45, 2.75) is 117 Å². The van der Waals surface area contributed by atoms with Crippen LogP contribution in [0.25, 0.3) is 0 Å². The standard InChI is InChI=1S/2C9H21P.2ClH.Pd/c2*1-7(2)10(8(3)4)9(5)6;;;/h2*7-9H,1-6H3;2*1H;. The summed E-state index contributed by atoms with van der Waals surface area (Å²) in [6, 6.07) is 0. The molecular formula is C18H44Cl2P2Pd. The molecule has 0 radical (unpaired) electrons. The van der Waals surface area contributed by atoms with Gasteiger partial charge < -0.3 is 0 Å². The summed E-state index contributed by atoms with van der Waals surface area (Å²) in [5, 5.41) is 0. The molecule has 0 aromatic carbocycles. The predicted octanol–water partition coefficient (Wildman–Crippen LogP) is 8.23. The Kier molecular flexibility index (Phi) is 9.67. The van der Waals surface area contributed by atoms with Gasteiger partial charge in [0.15, 0.2) is 0 Å². The summed E-state index contributed by atoms with van der Waals surface area (Å²) in [6.45, 7) is 29.0. The molecule has 0 aliphatic heterocycles. The third-order valence-electron chi connectivity index (χ3n) is 5.78. The molecule has 0 rings (SSSR count). The van der Waals surface area contributed by atoms with Gasteiger partial charge in [0.05, 0.1) is 0 Å². The van der Waals surface area contributed by atoms with Crippen molar-refractivity contribution < 1.29 is 12.5 Å². The first-order valence-electron chi connectivity index (χ1n) is 9.22. The monoisotopic (exact) mass is 498 g/mol. The van der Waals surface area contributed by atoms with E-state index in [1.165, 1.54) is 0 Å². The molecule has 0 fully saturated rings. The molecule has 5 heteroatoms. The summed E-state index contributed by atoms with van der Waals surface area (Å²) in [6.07, 6.45) is 0. The van der Waals surface area contributed by atoms with Crippen LogP contribution in [-0.4, -0.2) is 34.0 Å². The Morgan fingerprint density at radius 2 is 0.565 bits per heavy atom. The Hall–Kier alpha value is 2.10. The van der Waals surface area contributed by atoms with E-state index in [4.69, 9.17) is 19.1 Å². The van der Waals surface area contributed by atoms with Crippen LogP contribution in [0.2, 0.25) is 0 Å². The van der Waals surface area contributed by atoms with Crippen molar-refractivity contribution in [2.75, 3.05) is 0 Å². The van der Waals surface area contributed by atoms with Gasteiger partial charge in [-0.05, 0) is 0 Å². The average molecular weight is 500 g/mol. The predicted molar refractivity (Wildman–Crippen MR) is 119 cm³/mol. The zero-order valence-electron chi connectivity index (χ0n) is 17.5. The summed E-state index contributed by atoms with van der Waals surface area (Å²) < 4.78 is 0. The zero-order valence-corrected chi connectivity index (χ0v) is 22.6. The molecule has 0 aliphatic rings. The van der Waals surface area contributed by atoms with E-state index in [-0.39, 0.29) is 0 Å². The minimum atomic E-state index is -2.57. The maximum absolute atomic E-state index is 7.79. The van der Waals surface area contributed by atoms with Crippen LogP contribution in [0.5, 0.6) is 0 Å². The minimum absolute atomic E-state index is 0.651. The molecule has 0 heterocycles. The fourth-order valence-corrected chi connectivity index (χ4v) is 97.9. The summed E-state index contributed by atoms with van der Waals surface area (Å²) >= 11 is -2.57. The van der Waals surface area contributed by atoms with Crippen molar-refractivity contribution in [3.63, 3.8) is 0 Å². The molecule has 0 aromatic rings. The molecular weight excluding hydrogens is 455 g/mol. The molecule has 150 valence electrons. The van der Waals surface area contributed by atoms with Crippen LogP contribution < -0.4 is 0 Å². The van der Waals surface area contributed by atoms with Crippen molar-refractivity contribution >= 4 is 30.0 Å². The number of hydrogen-bond donors (Lipinski definition) is 0. The summed E-state index contributed by atoms with van der Waals surface area (Å²) in [7, 11) is 15.6. The van der Waals surface area contributed by atoms with E-state index in [0.29, 0.717) is 34.0 Å². The fraction of sp³-hybridized carbons (Fsp3) is 1.00. The van der Waals surface area contributed by atoms with Gasteiger partial charge in [-0.3, -0.25) is 0 Å². The van der Waals surface area contributed by atoms with Gasteiger partial charge in [0.25, 0.3) is 0 Å². The Morgan fingerprint density at radius 1 is 0.435 bits per heavy atom. The molecule has 0 nitrogen and oxygen atoms in total. The Bertz CT molecular complexity index is 300. The molecule has 0 saturated carbocycles. The zero-order chi connectivity index (χ0) is 19.0. The SMILES string of the molecule is CC(C)[PH](C(C)C)(C(C)C)[Pd]([Cl])([Cl])[PH](C(C)C)(C(C)C)C(C)C. The van der Waals surface area contributed by atoms with E-state index >= 15 is 0 Å². The van der Waals surface area contributed by atoms with Crippen LogP contribution in [0.4, 0.5) is 0 Å². The van der Waals surface area contributed by atoms with Crippen molar-refractivity contribution in [2.24, 2.45) is 0 Å². The fourth-order valence-electron chi connectivity index (χ4n) is 5.61. The van der Waals surface area contributed by atoms with Crippen LogP contribution in [0, 0.1) is 0 Å². The Morgan fingerprint density at radius 3 is 0.652 bits per heavy atom. The second-order valence-electron chi connectivity index (χ2n) is 8.84. The van der Waals surface area contributed by atoms with E-state index in [2.05, 4.69) is 83.1 Å². The van der Waals surface area contributed by atoms with Gasteiger partial charge in [0, 0.05) is 0 Å². The van der Waals surface area contributed by atoms with Gasteiger partial charge in [-0.15, -0.1) is 0 Å². The second-order valence-corrected chi connectivity index (χ2v) is 45.9. The van der Waals surface area contributed by atoms with Gasteiger partial charge in [-0.25, -0.2) is 0 Å². The van der Waals surface area contributed by atoms with Crippen molar-refractivity contribution in [1.82, 2.24) is 0 Å². The molecule has 0 saturated heterocycles. The first kappa shape index (κ1) is 25.1. The quantitative estimate of drug-likeness (QED) is 0.233. The molecule has 23 heavy (non-hydrogen) atoms. The third-order valence-corrected chi connectivity index (χ3v) is 68.1. The second kappa shape index (κ2) is 8.86. The summed E-state index contributed by atoms with van der Waals surface area (Å²) in [5.74, 6) is 0. The Labute approximate surface area is 158 Å². The molecule has 0 amide bonds. The van der Waals surface area contributed by atoms with E-state index in [9.17, 15) is 0 Å². The summed E-state index contributed by atoms with van der Waals surface area (Å²) in [5.41, 5.74) is 0.231.